The van der Waals surface area contributed by atoms with Crippen molar-refractivity contribution in [3.05, 3.63) is 30.4 Å². The number of pyridine rings is 1. The maximum atomic E-state index is 9.34. The third-order valence-corrected chi connectivity index (χ3v) is 4.65. The fraction of sp³-hybridized carbons (Fsp3) is 0.471. The van der Waals surface area contributed by atoms with Crippen molar-refractivity contribution in [2.45, 2.75) is 31.8 Å². The molecule has 2 atom stereocenters. The first-order valence-electron chi connectivity index (χ1n) is 8.22. The summed E-state index contributed by atoms with van der Waals surface area (Å²) in [7, 11) is 3.87. The molecule has 3 heterocycles. The zero-order valence-corrected chi connectivity index (χ0v) is 14.3. The Morgan fingerprint density at radius 2 is 2.21 bits per heavy atom. The van der Waals surface area contributed by atoms with Crippen LogP contribution in [0.25, 0.3) is 0 Å². The van der Waals surface area contributed by atoms with Crippen molar-refractivity contribution in [3.63, 3.8) is 0 Å². The standard InChI is InChI=1S/C17H23N7/c1-12-15(19-2)5-4-6-24(12)14-7-16(17(8-18)20-10-14)22-13-9-21-23(3)11-13/h7,9-12,15,19,22H,4-6H2,1-3H3/t12-,15-/m1/s1. The van der Waals surface area contributed by atoms with E-state index in [1.165, 1.54) is 6.42 Å². The Hall–Kier alpha value is -2.59. The van der Waals surface area contributed by atoms with E-state index in [0.717, 1.165) is 24.3 Å². The van der Waals surface area contributed by atoms with E-state index in [1.807, 2.05) is 26.4 Å². The minimum Gasteiger partial charge on any atom is -0.366 e. The second kappa shape index (κ2) is 6.89. The van der Waals surface area contributed by atoms with Crippen molar-refractivity contribution in [1.29, 1.82) is 5.26 Å². The van der Waals surface area contributed by atoms with Crippen molar-refractivity contribution in [1.82, 2.24) is 20.1 Å². The summed E-state index contributed by atoms with van der Waals surface area (Å²) in [6.07, 6.45) is 7.71. The SMILES string of the molecule is CN[C@@H]1CCCN(c2cnc(C#N)c(Nc3cnn(C)c3)c2)[C@@H]1C. The zero-order chi connectivity index (χ0) is 17.1. The smallest absolute Gasteiger partial charge is 0.164 e. The molecule has 2 aromatic heterocycles. The molecule has 2 N–H and O–H groups in total. The average molecular weight is 325 g/mol. The van der Waals surface area contributed by atoms with Gasteiger partial charge in [0.05, 0.1) is 29.5 Å². The van der Waals surface area contributed by atoms with Crippen LogP contribution in [-0.2, 0) is 7.05 Å². The number of aromatic nitrogens is 3. The van der Waals surface area contributed by atoms with E-state index >= 15 is 0 Å². The second-order valence-electron chi connectivity index (χ2n) is 6.20. The molecule has 1 aliphatic heterocycles. The van der Waals surface area contributed by atoms with Gasteiger partial charge in [-0.25, -0.2) is 4.98 Å². The number of hydrogen-bond acceptors (Lipinski definition) is 6. The van der Waals surface area contributed by atoms with Crippen molar-refractivity contribution < 1.29 is 0 Å². The first-order chi connectivity index (χ1) is 11.6. The highest BCUT2D eigenvalue weighted by Gasteiger charge is 2.27. The molecule has 0 bridgehead atoms. The summed E-state index contributed by atoms with van der Waals surface area (Å²) in [4.78, 5) is 6.70. The number of hydrogen-bond donors (Lipinski definition) is 2. The van der Waals surface area contributed by atoms with Gasteiger partial charge < -0.3 is 15.5 Å². The number of aryl methyl sites for hydroxylation is 1. The first-order valence-corrected chi connectivity index (χ1v) is 8.22. The lowest BCUT2D eigenvalue weighted by molar-refractivity contribution is 0.374. The summed E-state index contributed by atoms with van der Waals surface area (Å²) in [5.74, 6) is 0. The van der Waals surface area contributed by atoms with Gasteiger partial charge in [-0.3, -0.25) is 4.68 Å². The Balaban J connectivity index is 1.89. The zero-order valence-electron chi connectivity index (χ0n) is 14.3. The third kappa shape index (κ3) is 3.19. The number of likely N-dealkylation sites (N-methyl/N-ethyl adjacent to an activating group) is 1. The van der Waals surface area contributed by atoms with Crippen LogP contribution in [0, 0.1) is 11.3 Å². The minimum atomic E-state index is 0.379. The molecule has 1 fully saturated rings. The summed E-state index contributed by atoms with van der Waals surface area (Å²) in [6.45, 7) is 3.23. The molecule has 0 spiro atoms. The topological polar surface area (TPSA) is 81.8 Å². The van der Waals surface area contributed by atoms with Gasteiger partial charge in [0, 0.05) is 31.9 Å². The van der Waals surface area contributed by atoms with Crippen LogP contribution < -0.4 is 15.5 Å². The molecule has 1 saturated heterocycles. The van der Waals surface area contributed by atoms with Crippen molar-refractivity contribution in [2.24, 2.45) is 7.05 Å². The van der Waals surface area contributed by atoms with Gasteiger partial charge >= 0.3 is 0 Å². The number of nitrogens with one attached hydrogen (secondary N) is 2. The average Bonchev–Trinajstić information content (AvgIpc) is 3.00. The molecule has 126 valence electrons. The van der Waals surface area contributed by atoms with E-state index in [-0.39, 0.29) is 0 Å². The van der Waals surface area contributed by atoms with Crippen LogP contribution in [0.1, 0.15) is 25.5 Å². The predicted molar refractivity (Wildman–Crippen MR) is 94.3 cm³/mol. The highest BCUT2D eigenvalue weighted by molar-refractivity contribution is 5.68. The molecule has 2 aromatic rings. The maximum Gasteiger partial charge on any atom is 0.164 e. The molecule has 7 heteroatoms. The Kier molecular flexibility index (Phi) is 4.67. The van der Waals surface area contributed by atoms with Crippen LogP contribution >= 0.6 is 0 Å². The van der Waals surface area contributed by atoms with E-state index in [9.17, 15) is 5.26 Å². The van der Waals surface area contributed by atoms with Gasteiger partial charge in [-0.2, -0.15) is 10.4 Å². The van der Waals surface area contributed by atoms with Gasteiger partial charge in [0.15, 0.2) is 5.69 Å². The van der Waals surface area contributed by atoms with Gasteiger partial charge in [0.2, 0.25) is 0 Å². The number of nitrogens with zero attached hydrogens (tertiary/aromatic N) is 5. The summed E-state index contributed by atoms with van der Waals surface area (Å²) in [5.41, 5.74) is 2.97. The summed E-state index contributed by atoms with van der Waals surface area (Å²) in [6, 6.07) is 5.00. The van der Waals surface area contributed by atoms with Crippen LogP contribution in [0.5, 0.6) is 0 Å². The first kappa shape index (κ1) is 16.3. The molecule has 24 heavy (non-hydrogen) atoms. The van der Waals surface area contributed by atoms with Crippen molar-refractivity contribution in [3.8, 4) is 6.07 Å². The van der Waals surface area contributed by atoms with Gasteiger partial charge in [-0.05, 0) is 32.9 Å². The van der Waals surface area contributed by atoms with Gasteiger partial charge in [0.25, 0.3) is 0 Å². The monoisotopic (exact) mass is 325 g/mol. The Labute approximate surface area is 142 Å². The Morgan fingerprint density at radius 1 is 1.38 bits per heavy atom. The van der Waals surface area contributed by atoms with E-state index in [4.69, 9.17) is 0 Å². The number of nitriles is 1. The van der Waals surface area contributed by atoms with Gasteiger partial charge in [-0.1, -0.05) is 0 Å². The molecule has 0 saturated carbocycles. The number of piperidine rings is 1. The van der Waals surface area contributed by atoms with Gasteiger partial charge in [0.1, 0.15) is 6.07 Å². The third-order valence-electron chi connectivity index (χ3n) is 4.65. The highest BCUT2D eigenvalue weighted by Crippen LogP contribution is 2.29. The second-order valence-corrected chi connectivity index (χ2v) is 6.20. The summed E-state index contributed by atoms with van der Waals surface area (Å²) in [5, 5.41) is 20.1. The van der Waals surface area contributed by atoms with Crippen LogP contribution in [0.4, 0.5) is 17.1 Å². The molecular weight excluding hydrogens is 302 g/mol. The molecule has 0 aliphatic carbocycles. The van der Waals surface area contributed by atoms with Crippen LogP contribution in [0.15, 0.2) is 24.7 Å². The van der Waals surface area contributed by atoms with E-state index in [2.05, 4.69) is 38.6 Å². The molecule has 0 aromatic carbocycles. The lowest BCUT2D eigenvalue weighted by Gasteiger charge is -2.40. The van der Waals surface area contributed by atoms with E-state index in [0.29, 0.717) is 23.5 Å². The lowest BCUT2D eigenvalue weighted by Crippen LogP contribution is -2.51. The molecular formula is C17H23N7. The molecule has 1 aliphatic rings. The van der Waals surface area contributed by atoms with Crippen LogP contribution in [0.3, 0.4) is 0 Å². The molecule has 0 radical (unpaired) electrons. The van der Waals surface area contributed by atoms with Gasteiger partial charge in [-0.15, -0.1) is 0 Å². The normalized spacial score (nSPS) is 20.7. The maximum absolute atomic E-state index is 9.34. The van der Waals surface area contributed by atoms with E-state index < -0.39 is 0 Å². The molecule has 0 amide bonds. The lowest BCUT2D eigenvalue weighted by atomic mass is 9.97. The fourth-order valence-corrected chi connectivity index (χ4v) is 3.33. The highest BCUT2D eigenvalue weighted by atomic mass is 15.3. The summed E-state index contributed by atoms with van der Waals surface area (Å²) < 4.78 is 1.72. The Morgan fingerprint density at radius 3 is 2.88 bits per heavy atom. The fourth-order valence-electron chi connectivity index (χ4n) is 3.33. The van der Waals surface area contributed by atoms with Crippen LogP contribution in [-0.4, -0.2) is 40.4 Å². The predicted octanol–water partition coefficient (Wildman–Crippen LogP) is 2.01. The molecule has 7 nitrogen and oxygen atoms in total. The number of anilines is 3. The Bertz CT molecular complexity index is 746. The minimum absolute atomic E-state index is 0.379. The van der Waals surface area contributed by atoms with Crippen LogP contribution in [0.2, 0.25) is 0 Å². The summed E-state index contributed by atoms with van der Waals surface area (Å²) >= 11 is 0. The molecule has 3 rings (SSSR count). The van der Waals surface area contributed by atoms with Crippen molar-refractivity contribution in [2.75, 3.05) is 23.8 Å². The van der Waals surface area contributed by atoms with Crippen molar-refractivity contribution >= 4 is 17.1 Å². The quantitative estimate of drug-likeness (QED) is 0.895. The number of rotatable bonds is 4. The molecule has 0 unspecified atom stereocenters. The van der Waals surface area contributed by atoms with E-state index in [1.54, 1.807) is 17.1 Å². The largest absolute Gasteiger partial charge is 0.366 e.